The second-order valence-electron chi connectivity index (χ2n) is 6.50. The van der Waals surface area contributed by atoms with Crippen LogP contribution in [-0.4, -0.2) is 56.8 Å². The van der Waals surface area contributed by atoms with Gasteiger partial charge < -0.3 is 9.64 Å². The highest BCUT2D eigenvalue weighted by molar-refractivity contribution is 7.89. The Morgan fingerprint density at radius 1 is 1.12 bits per heavy atom. The second kappa shape index (κ2) is 7.11. The number of nitrogens with zero attached hydrogens (tertiary/aromatic N) is 2. The first kappa shape index (κ1) is 18.7. The zero-order chi connectivity index (χ0) is 18.1. The fraction of sp³-hybridized carbons (Fsp3) is 0.588. The molecule has 134 valence electrons. The summed E-state index contributed by atoms with van der Waals surface area (Å²) >= 11 is 0. The van der Waals surface area contributed by atoms with Gasteiger partial charge >= 0.3 is 0 Å². The summed E-state index contributed by atoms with van der Waals surface area (Å²) in [5.41, 5.74) is 1.63. The van der Waals surface area contributed by atoms with Crippen molar-refractivity contribution in [1.82, 2.24) is 9.21 Å². The van der Waals surface area contributed by atoms with Crippen molar-refractivity contribution in [3.8, 4) is 5.75 Å². The fourth-order valence-electron chi connectivity index (χ4n) is 3.04. The van der Waals surface area contributed by atoms with E-state index >= 15 is 0 Å². The van der Waals surface area contributed by atoms with Gasteiger partial charge in [-0.1, -0.05) is 19.9 Å². The predicted molar refractivity (Wildman–Crippen MR) is 92.6 cm³/mol. The van der Waals surface area contributed by atoms with E-state index in [1.165, 1.54) is 11.4 Å². The first-order valence-corrected chi connectivity index (χ1v) is 9.56. The summed E-state index contributed by atoms with van der Waals surface area (Å²) < 4.78 is 32.9. The number of carbonyl (C=O) groups excluding carboxylic acids is 1. The molecule has 7 heteroatoms. The van der Waals surface area contributed by atoms with Gasteiger partial charge in [0.2, 0.25) is 15.9 Å². The van der Waals surface area contributed by atoms with Gasteiger partial charge in [0.05, 0.1) is 7.11 Å². The van der Waals surface area contributed by atoms with Crippen LogP contribution in [0, 0.1) is 19.8 Å². The Morgan fingerprint density at radius 3 is 2.21 bits per heavy atom. The Morgan fingerprint density at radius 2 is 1.71 bits per heavy atom. The average molecular weight is 354 g/mol. The van der Waals surface area contributed by atoms with E-state index in [2.05, 4.69) is 0 Å². The second-order valence-corrected chi connectivity index (χ2v) is 8.37. The number of amides is 1. The molecule has 24 heavy (non-hydrogen) atoms. The molecule has 6 nitrogen and oxygen atoms in total. The topological polar surface area (TPSA) is 66.9 Å². The van der Waals surface area contributed by atoms with Gasteiger partial charge in [-0.05, 0) is 31.0 Å². The lowest BCUT2D eigenvalue weighted by atomic mass is 10.1. The van der Waals surface area contributed by atoms with Crippen molar-refractivity contribution in [2.45, 2.75) is 32.6 Å². The zero-order valence-corrected chi connectivity index (χ0v) is 15.8. The summed E-state index contributed by atoms with van der Waals surface area (Å²) in [5.74, 6) is 0.358. The summed E-state index contributed by atoms with van der Waals surface area (Å²) in [6.45, 7) is 8.84. The number of carbonyl (C=O) groups is 1. The first-order chi connectivity index (χ1) is 11.2. The Labute approximate surface area is 144 Å². The SMILES string of the molecule is COc1cc(C)cc(C)c1S(=O)(=O)N1CCN(C(=O)C(C)C)CC1. The maximum atomic E-state index is 13.1. The van der Waals surface area contributed by atoms with Gasteiger partial charge in [0.25, 0.3) is 0 Å². The van der Waals surface area contributed by atoms with E-state index < -0.39 is 10.0 Å². The minimum Gasteiger partial charge on any atom is -0.495 e. The standard InChI is InChI=1S/C17H26N2O4S/c1-12(2)17(20)18-6-8-19(9-7-18)24(21,22)16-14(4)10-13(3)11-15(16)23-5/h10-12H,6-9H2,1-5H3. The fourth-order valence-corrected chi connectivity index (χ4v) is 4.81. The maximum absolute atomic E-state index is 13.1. The third-order valence-electron chi connectivity index (χ3n) is 4.25. The summed E-state index contributed by atoms with van der Waals surface area (Å²) in [6, 6.07) is 3.58. The number of hydrogen-bond acceptors (Lipinski definition) is 4. The molecular weight excluding hydrogens is 328 g/mol. The molecule has 0 bridgehead atoms. The van der Waals surface area contributed by atoms with Crippen LogP contribution in [0.4, 0.5) is 0 Å². The van der Waals surface area contributed by atoms with Gasteiger partial charge in [0.15, 0.2) is 0 Å². The number of ether oxygens (including phenoxy) is 1. The highest BCUT2D eigenvalue weighted by Crippen LogP contribution is 2.31. The molecule has 1 aliphatic heterocycles. The Kier molecular flexibility index (Phi) is 5.55. The van der Waals surface area contributed by atoms with E-state index in [4.69, 9.17) is 4.74 Å². The number of benzene rings is 1. The third kappa shape index (κ3) is 3.57. The molecule has 1 aromatic carbocycles. The van der Waals surface area contributed by atoms with Gasteiger partial charge in [-0.15, -0.1) is 0 Å². The quantitative estimate of drug-likeness (QED) is 0.827. The van der Waals surface area contributed by atoms with E-state index in [1.54, 1.807) is 17.9 Å². The van der Waals surface area contributed by atoms with Crippen molar-refractivity contribution in [2.24, 2.45) is 5.92 Å². The molecule has 0 radical (unpaired) electrons. The molecule has 2 rings (SSSR count). The lowest BCUT2D eigenvalue weighted by Gasteiger charge is -2.35. The molecule has 0 aromatic heterocycles. The molecule has 0 spiro atoms. The zero-order valence-electron chi connectivity index (χ0n) is 15.0. The monoisotopic (exact) mass is 354 g/mol. The number of aryl methyl sites for hydroxylation is 2. The predicted octanol–water partition coefficient (Wildman–Crippen LogP) is 1.80. The first-order valence-electron chi connectivity index (χ1n) is 8.12. The normalized spacial score (nSPS) is 16.5. The van der Waals surface area contributed by atoms with Crippen molar-refractivity contribution < 1.29 is 17.9 Å². The van der Waals surface area contributed by atoms with E-state index in [1.807, 2.05) is 26.8 Å². The molecule has 0 N–H and O–H groups in total. The van der Waals surface area contributed by atoms with Crippen LogP contribution in [0.15, 0.2) is 17.0 Å². The lowest BCUT2D eigenvalue weighted by Crippen LogP contribution is -2.51. The van der Waals surface area contributed by atoms with Crippen LogP contribution in [-0.2, 0) is 14.8 Å². The largest absolute Gasteiger partial charge is 0.495 e. The summed E-state index contributed by atoms with van der Waals surface area (Å²) in [5, 5.41) is 0. The van der Waals surface area contributed by atoms with E-state index in [-0.39, 0.29) is 16.7 Å². The van der Waals surface area contributed by atoms with Crippen LogP contribution in [0.1, 0.15) is 25.0 Å². The highest BCUT2D eigenvalue weighted by Gasteiger charge is 2.33. The van der Waals surface area contributed by atoms with Crippen molar-refractivity contribution in [3.05, 3.63) is 23.3 Å². The van der Waals surface area contributed by atoms with Gasteiger partial charge in [-0.25, -0.2) is 8.42 Å². The molecule has 1 amide bonds. The molecule has 1 fully saturated rings. The molecule has 1 heterocycles. The van der Waals surface area contributed by atoms with Gasteiger partial charge in [0, 0.05) is 32.1 Å². The van der Waals surface area contributed by atoms with Crippen molar-refractivity contribution in [2.75, 3.05) is 33.3 Å². The smallest absolute Gasteiger partial charge is 0.247 e. The van der Waals surface area contributed by atoms with Crippen LogP contribution >= 0.6 is 0 Å². The molecule has 0 unspecified atom stereocenters. The molecule has 1 saturated heterocycles. The molecule has 1 aromatic rings. The number of methoxy groups -OCH3 is 1. The van der Waals surface area contributed by atoms with E-state index in [0.717, 1.165) is 5.56 Å². The molecular formula is C17H26N2O4S. The van der Waals surface area contributed by atoms with Gasteiger partial charge in [0.1, 0.15) is 10.6 Å². The number of hydrogen-bond donors (Lipinski definition) is 0. The van der Waals surface area contributed by atoms with Crippen LogP contribution in [0.3, 0.4) is 0 Å². The average Bonchev–Trinajstić information content (AvgIpc) is 2.52. The van der Waals surface area contributed by atoms with Gasteiger partial charge in [-0.2, -0.15) is 4.31 Å². The Hall–Kier alpha value is -1.60. The van der Waals surface area contributed by atoms with E-state index in [0.29, 0.717) is 37.5 Å². The van der Waals surface area contributed by atoms with Crippen LogP contribution in [0.2, 0.25) is 0 Å². The minimum absolute atomic E-state index is 0.0659. The Bertz CT molecular complexity index is 720. The minimum atomic E-state index is -3.65. The number of rotatable bonds is 4. The highest BCUT2D eigenvalue weighted by atomic mass is 32.2. The van der Waals surface area contributed by atoms with Crippen LogP contribution in [0.25, 0.3) is 0 Å². The number of sulfonamides is 1. The van der Waals surface area contributed by atoms with Crippen molar-refractivity contribution >= 4 is 15.9 Å². The molecule has 0 aliphatic carbocycles. The van der Waals surface area contributed by atoms with Crippen molar-refractivity contribution in [3.63, 3.8) is 0 Å². The lowest BCUT2D eigenvalue weighted by molar-refractivity contribution is -0.135. The summed E-state index contributed by atoms with van der Waals surface area (Å²) in [7, 11) is -2.17. The summed E-state index contributed by atoms with van der Waals surface area (Å²) in [4.78, 5) is 14.0. The maximum Gasteiger partial charge on any atom is 0.247 e. The molecule has 0 atom stereocenters. The van der Waals surface area contributed by atoms with E-state index in [9.17, 15) is 13.2 Å². The summed E-state index contributed by atoms with van der Waals surface area (Å²) in [6.07, 6.45) is 0. The Balaban J connectivity index is 2.26. The van der Waals surface area contributed by atoms with Gasteiger partial charge in [-0.3, -0.25) is 4.79 Å². The van der Waals surface area contributed by atoms with Crippen LogP contribution < -0.4 is 4.74 Å². The third-order valence-corrected chi connectivity index (χ3v) is 6.33. The number of piperazine rings is 1. The van der Waals surface area contributed by atoms with Crippen molar-refractivity contribution in [1.29, 1.82) is 0 Å². The van der Waals surface area contributed by atoms with Crippen LogP contribution in [0.5, 0.6) is 5.75 Å². The molecule has 0 saturated carbocycles. The molecule has 1 aliphatic rings.